The lowest BCUT2D eigenvalue weighted by Crippen LogP contribution is -2.37. The number of hydrogen-bond acceptors (Lipinski definition) is 8. The fraction of sp³-hybridized carbons (Fsp3) is 0.225. The summed E-state index contributed by atoms with van der Waals surface area (Å²) in [6.07, 6.45) is 7.77. The lowest BCUT2D eigenvalue weighted by molar-refractivity contribution is -0.735. The van der Waals surface area contributed by atoms with Gasteiger partial charge in [-0.2, -0.15) is 4.68 Å². The number of hydrogen-bond donors (Lipinski definition) is 0. The Labute approximate surface area is 728 Å². The minimum absolute atomic E-state index is 0.232. The first kappa shape index (κ1) is 83.1. The average molecular weight is 1620 g/mol. The zero-order valence-electron chi connectivity index (χ0n) is 75.1. The SMILES string of the molecule is Cc1cccc2c3ccccc3c3cc(C)n(C)[n+]3c12.Cc1cccc2c3ccccc3c3cc[n+](C)n3c12.Cc1ccccc1N1C=CN(c2c(C(C)C)cccc2C(C)C)[C@H]1C.Cc1ccccc1N1c2ccccc2N(C)[C@H]1C.Cc1ccccc1N1c2ccccc2N(C)[C@H]1C.Cc1ccccc1N1c2ccccc2N(c2ccccc2)[C@H]1C. The van der Waals surface area contributed by atoms with Gasteiger partial charge in [-0.05, 0) is 217 Å². The first-order chi connectivity index (χ1) is 59.5. The van der Waals surface area contributed by atoms with Crippen LogP contribution >= 0.6 is 0 Å². The lowest BCUT2D eigenvalue weighted by Gasteiger charge is -2.34. The number of pyridine rings is 2. The van der Waals surface area contributed by atoms with Crippen LogP contribution < -0.4 is 48.4 Å². The van der Waals surface area contributed by atoms with Gasteiger partial charge in [0.2, 0.25) is 11.0 Å². The Morgan fingerprint density at radius 2 is 0.667 bits per heavy atom. The summed E-state index contributed by atoms with van der Waals surface area (Å²) in [5, 5.41) is 7.91. The summed E-state index contributed by atoms with van der Waals surface area (Å²) in [5.74, 6) is 1.00. The highest BCUT2D eigenvalue weighted by molar-refractivity contribution is 6.13. The van der Waals surface area contributed by atoms with Crippen LogP contribution in [0.5, 0.6) is 0 Å². The third-order valence-corrected chi connectivity index (χ3v) is 25.7. The molecule has 123 heavy (non-hydrogen) atoms. The van der Waals surface area contributed by atoms with Crippen molar-refractivity contribution < 1.29 is 9.20 Å². The van der Waals surface area contributed by atoms with Crippen LogP contribution in [0.15, 0.2) is 334 Å². The number of aryl methyl sites for hydroxylation is 9. The van der Waals surface area contributed by atoms with E-state index in [1.54, 1.807) is 0 Å². The number of anilines is 12. The van der Waals surface area contributed by atoms with Crippen LogP contribution in [-0.4, -0.2) is 48.0 Å². The summed E-state index contributed by atoms with van der Waals surface area (Å²) in [6, 6.07) is 112. The normalized spacial score (nSPS) is 15.6. The van der Waals surface area contributed by atoms with E-state index in [4.69, 9.17) is 0 Å². The molecule has 0 radical (unpaired) electrons. The van der Waals surface area contributed by atoms with E-state index in [1.807, 2.05) is 0 Å². The molecule has 0 aliphatic carbocycles. The Morgan fingerprint density at radius 3 is 1.16 bits per heavy atom. The highest BCUT2D eigenvalue weighted by Gasteiger charge is 2.37. The monoisotopic (exact) mass is 1620 g/mol. The number of nitrogens with zero attached hydrogens (tertiary/aromatic N) is 12. The highest BCUT2D eigenvalue weighted by atomic mass is 15.4. The van der Waals surface area contributed by atoms with E-state index in [-0.39, 0.29) is 12.3 Å². The largest absolute Gasteiger partial charge is 0.353 e. The molecular weight excluding hydrogens is 1500 g/mol. The van der Waals surface area contributed by atoms with Crippen molar-refractivity contribution in [2.45, 2.75) is 140 Å². The molecule has 13 aromatic carbocycles. The van der Waals surface area contributed by atoms with Gasteiger partial charge in [-0.15, -0.1) is 9.20 Å². The van der Waals surface area contributed by atoms with Gasteiger partial charge < -0.3 is 39.2 Å². The smallest absolute Gasteiger partial charge is 0.247 e. The van der Waals surface area contributed by atoms with Gasteiger partial charge in [-0.25, -0.2) is 0 Å². The van der Waals surface area contributed by atoms with Crippen LogP contribution in [0.25, 0.3) is 54.4 Å². The Kier molecular flexibility index (Phi) is 23.8. The average Bonchev–Trinajstić information content (AvgIpc) is 1.69. The molecular formula is C111H118N12+2. The number of aromatic nitrogens is 4. The molecule has 0 saturated heterocycles. The Bertz CT molecular complexity index is 6600. The maximum atomic E-state index is 2.44. The predicted molar refractivity (Wildman–Crippen MR) is 524 cm³/mol. The summed E-state index contributed by atoms with van der Waals surface area (Å²) in [4.78, 5) is 19.1. The fourth-order valence-electron chi connectivity index (χ4n) is 18.9. The molecule has 17 aromatic rings. The molecule has 21 rings (SSSR count). The summed E-state index contributed by atoms with van der Waals surface area (Å²) in [6.45, 7) is 33.4. The predicted octanol–water partition coefficient (Wildman–Crippen LogP) is 26.9. The molecule has 12 heteroatoms. The minimum Gasteiger partial charge on any atom is -0.353 e. The molecule has 0 spiro atoms. The summed E-state index contributed by atoms with van der Waals surface area (Å²) in [7, 11) is 8.53. The van der Waals surface area contributed by atoms with Crippen molar-refractivity contribution in [3.8, 4) is 0 Å². The van der Waals surface area contributed by atoms with Gasteiger partial charge >= 0.3 is 0 Å². The molecule has 0 N–H and O–H groups in total. The number of para-hydroxylation sites is 14. The second-order valence-corrected chi connectivity index (χ2v) is 34.0. The zero-order valence-corrected chi connectivity index (χ0v) is 75.1. The number of benzene rings is 13. The first-order valence-electron chi connectivity index (χ1n) is 43.6. The standard InChI is InChI=1S/C23H30N2.C21H20N2.C18H17N2.C17H15N2.2C16H18N2/c1-16(2)20-11-9-12-21(17(3)4)23(20)25-15-14-24(19(25)6)22-13-8-7-10-18(22)5;1-16-10-6-7-13-19(16)23-17(2)22(18-11-4-3-5-12-18)20-14-8-9-15-21(20)23;1-12-7-6-10-16-14-8-4-5-9-15(14)17-11-13(2)19(3)20(17)18(12)16;1-12-6-5-9-15-13-7-3-4-8-14(13)16-10-11-18(2)19(16)17(12)15;2*1-12-8-4-5-9-14(12)18-13(2)17(3)15-10-6-7-11-16(15)18/h7-17,19H,1-6H3;3-15,17H,1-2H3;4-11H,1-3H3;3-11H,1-2H3;2*4-11,13H,1-3H3/q;;2*+1;;/t19-;17-;;;2*13-/m01..11/s1. The number of fused-ring (bicyclic) bond motifs is 15. The number of rotatable bonds is 8. The van der Waals surface area contributed by atoms with Gasteiger partial charge in [0.1, 0.15) is 35.7 Å². The van der Waals surface area contributed by atoms with E-state index in [9.17, 15) is 0 Å². The highest BCUT2D eigenvalue weighted by Crippen LogP contribution is 2.50. The van der Waals surface area contributed by atoms with Crippen LogP contribution in [0, 0.1) is 48.5 Å². The van der Waals surface area contributed by atoms with Crippen LogP contribution in [0.4, 0.5) is 68.2 Å². The third kappa shape index (κ3) is 15.5. The van der Waals surface area contributed by atoms with Crippen molar-refractivity contribution in [2.75, 3.05) is 53.3 Å². The van der Waals surface area contributed by atoms with Crippen molar-refractivity contribution in [3.05, 3.63) is 384 Å². The van der Waals surface area contributed by atoms with E-state index in [0.717, 1.165) is 0 Å². The molecule has 620 valence electrons. The van der Waals surface area contributed by atoms with E-state index in [0.29, 0.717) is 24.2 Å². The van der Waals surface area contributed by atoms with Crippen molar-refractivity contribution in [3.63, 3.8) is 0 Å². The molecule has 0 fully saturated rings. The molecule has 12 nitrogen and oxygen atoms in total. The van der Waals surface area contributed by atoms with E-state index in [1.165, 1.54) is 173 Å². The van der Waals surface area contributed by atoms with E-state index < -0.39 is 0 Å². The lowest BCUT2D eigenvalue weighted by atomic mass is 9.92. The van der Waals surface area contributed by atoms with Gasteiger partial charge in [-0.3, -0.25) is 0 Å². The second kappa shape index (κ2) is 35.2. The van der Waals surface area contributed by atoms with Crippen LogP contribution in [0.3, 0.4) is 0 Å². The Morgan fingerprint density at radius 1 is 0.301 bits per heavy atom. The fourth-order valence-corrected chi connectivity index (χ4v) is 18.9. The molecule has 0 saturated carbocycles. The van der Waals surface area contributed by atoms with Crippen LogP contribution in [0.1, 0.15) is 117 Å². The van der Waals surface area contributed by atoms with E-state index in [2.05, 4.69) is 524 Å². The second-order valence-electron chi connectivity index (χ2n) is 34.0. The van der Waals surface area contributed by atoms with Crippen molar-refractivity contribution in [2.24, 2.45) is 14.1 Å². The van der Waals surface area contributed by atoms with Gasteiger partial charge in [0, 0.05) is 94.5 Å². The van der Waals surface area contributed by atoms with Crippen LogP contribution in [-0.2, 0) is 14.1 Å². The van der Waals surface area contributed by atoms with Crippen molar-refractivity contribution in [1.82, 2.24) is 9.20 Å². The van der Waals surface area contributed by atoms with Crippen LogP contribution in [0.2, 0.25) is 0 Å². The summed E-state index contributed by atoms with van der Waals surface area (Å²) in [5.41, 5.74) is 32.6. The van der Waals surface area contributed by atoms with E-state index >= 15 is 0 Å². The topological polar surface area (TPSA) is 43.2 Å². The molecule has 0 amide bonds. The van der Waals surface area contributed by atoms with Gasteiger partial charge in [-0.1, -0.05) is 251 Å². The molecule has 4 atom stereocenters. The molecule has 4 aliphatic rings. The van der Waals surface area contributed by atoms with Gasteiger partial charge in [0.25, 0.3) is 0 Å². The van der Waals surface area contributed by atoms with Gasteiger partial charge in [0.05, 0.1) is 57.6 Å². The molecule has 8 heterocycles. The summed E-state index contributed by atoms with van der Waals surface area (Å²) >= 11 is 0. The maximum absolute atomic E-state index is 2.44. The first-order valence-corrected chi connectivity index (χ1v) is 43.6. The van der Waals surface area contributed by atoms with Crippen molar-refractivity contribution >= 4 is 123 Å². The molecule has 0 unspecified atom stereocenters. The molecule has 4 aliphatic heterocycles. The minimum atomic E-state index is 0.232. The van der Waals surface area contributed by atoms with Crippen molar-refractivity contribution in [1.29, 1.82) is 0 Å². The quantitative estimate of drug-likeness (QED) is 0.110. The third-order valence-electron chi connectivity index (χ3n) is 25.7. The molecule has 4 aromatic heterocycles. The zero-order chi connectivity index (χ0) is 86.2. The Balaban J connectivity index is 0.000000110. The van der Waals surface area contributed by atoms with Gasteiger partial charge in [0.15, 0.2) is 13.2 Å². The molecule has 0 bridgehead atoms. The summed E-state index contributed by atoms with van der Waals surface area (Å²) < 4.78 is 9.02. The Hall–Kier alpha value is -13.6. The maximum Gasteiger partial charge on any atom is 0.247 e.